The van der Waals surface area contributed by atoms with Gasteiger partial charge in [0.05, 0.1) is 17.6 Å². The molecule has 0 bridgehead atoms. The van der Waals surface area contributed by atoms with Gasteiger partial charge in [-0.15, -0.1) is 0 Å². The first-order valence-corrected chi connectivity index (χ1v) is 6.52. The lowest BCUT2D eigenvalue weighted by molar-refractivity contribution is -0.383. The van der Waals surface area contributed by atoms with Gasteiger partial charge in [0, 0.05) is 20.2 Å². The molecule has 0 radical (unpaired) electrons. The van der Waals surface area contributed by atoms with Crippen LogP contribution in [-0.4, -0.2) is 42.9 Å². The second kappa shape index (κ2) is 8.34. The largest absolute Gasteiger partial charge is 0.391 e. The lowest BCUT2D eigenvalue weighted by atomic mass is 10.2. The molecule has 20 heavy (non-hydrogen) atoms. The van der Waals surface area contributed by atoms with E-state index in [0.717, 1.165) is 0 Å². The molecule has 1 aromatic carbocycles. The third-order valence-electron chi connectivity index (χ3n) is 2.74. The van der Waals surface area contributed by atoms with Gasteiger partial charge in [-0.3, -0.25) is 10.1 Å². The van der Waals surface area contributed by atoms with E-state index >= 15 is 0 Å². The molecule has 1 rings (SSSR count). The van der Waals surface area contributed by atoms with Crippen LogP contribution in [0, 0.1) is 10.1 Å². The van der Waals surface area contributed by atoms with E-state index in [1.165, 1.54) is 7.11 Å². The van der Waals surface area contributed by atoms with E-state index in [0.29, 0.717) is 30.9 Å². The summed E-state index contributed by atoms with van der Waals surface area (Å²) in [5, 5.41) is 26.7. The Labute approximate surface area is 118 Å². The average Bonchev–Trinajstić information content (AvgIpc) is 2.39. The van der Waals surface area contributed by atoms with E-state index < -0.39 is 11.0 Å². The van der Waals surface area contributed by atoms with Gasteiger partial charge < -0.3 is 20.5 Å². The minimum absolute atomic E-state index is 0.0237. The summed E-state index contributed by atoms with van der Waals surface area (Å²) in [5.41, 5.74) is 0.952. The summed E-state index contributed by atoms with van der Waals surface area (Å²) in [4.78, 5) is 10.8. The second-order valence-corrected chi connectivity index (χ2v) is 4.31. The fourth-order valence-electron chi connectivity index (χ4n) is 1.87. The van der Waals surface area contributed by atoms with Crippen molar-refractivity contribution in [1.82, 2.24) is 0 Å². The number of ether oxygens (including phenoxy) is 1. The Morgan fingerprint density at radius 2 is 2.05 bits per heavy atom. The van der Waals surface area contributed by atoms with Crippen molar-refractivity contribution in [3.8, 4) is 0 Å². The molecule has 7 nitrogen and oxygen atoms in total. The molecule has 0 saturated carbocycles. The Balaban J connectivity index is 2.74. The van der Waals surface area contributed by atoms with E-state index in [1.54, 1.807) is 18.2 Å². The summed E-state index contributed by atoms with van der Waals surface area (Å²) in [7, 11) is 1.52. The third-order valence-corrected chi connectivity index (χ3v) is 2.74. The Morgan fingerprint density at radius 1 is 1.40 bits per heavy atom. The van der Waals surface area contributed by atoms with Crippen molar-refractivity contribution >= 4 is 17.1 Å². The summed E-state index contributed by atoms with van der Waals surface area (Å²) in [6, 6.07) is 5.08. The monoisotopic (exact) mass is 283 g/mol. The highest BCUT2D eigenvalue weighted by atomic mass is 16.6. The molecule has 0 aliphatic heterocycles. The number of nitrogens with zero attached hydrogens (tertiary/aromatic N) is 1. The van der Waals surface area contributed by atoms with Crippen molar-refractivity contribution in [2.24, 2.45) is 0 Å². The minimum atomic E-state index is -0.580. The summed E-state index contributed by atoms with van der Waals surface area (Å²) in [6.07, 6.45) is -0.125. The molecule has 112 valence electrons. The molecule has 0 aliphatic rings. The molecular formula is C13H21N3O4. The van der Waals surface area contributed by atoms with Crippen molar-refractivity contribution < 1.29 is 14.8 Å². The van der Waals surface area contributed by atoms with Crippen LogP contribution in [-0.2, 0) is 4.74 Å². The molecule has 1 atom stereocenters. The first kappa shape index (κ1) is 16.2. The lowest BCUT2D eigenvalue weighted by Crippen LogP contribution is -2.18. The van der Waals surface area contributed by atoms with Crippen molar-refractivity contribution in [3.63, 3.8) is 0 Å². The predicted octanol–water partition coefficient (Wildman–Crippen LogP) is 1.84. The maximum Gasteiger partial charge on any atom is 0.315 e. The van der Waals surface area contributed by atoms with Crippen molar-refractivity contribution in [3.05, 3.63) is 28.3 Å². The number of aliphatic hydroxyl groups excluding tert-OH is 1. The van der Waals surface area contributed by atoms with Gasteiger partial charge in [0.15, 0.2) is 0 Å². The molecule has 0 fully saturated rings. The van der Waals surface area contributed by atoms with Gasteiger partial charge in [-0.2, -0.15) is 0 Å². The summed E-state index contributed by atoms with van der Waals surface area (Å²) in [5.74, 6) is 0. The normalized spacial score (nSPS) is 11.9. The fraction of sp³-hybridized carbons (Fsp3) is 0.538. The summed E-state index contributed by atoms with van der Waals surface area (Å²) in [6.45, 7) is 3.17. The Kier molecular flexibility index (Phi) is 6.75. The molecule has 0 amide bonds. The van der Waals surface area contributed by atoms with Crippen LogP contribution in [0.25, 0.3) is 0 Å². The van der Waals surface area contributed by atoms with Gasteiger partial charge >= 0.3 is 5.69 Å². The molecule has 0 aromatic heterocycles. The molecule has 1 aromatic rings. The van der Waals surface area contributed by atoms with Crippen LogP contribution >= 0.6 is 0 Å². The number of rotatable bonds is 9. The first-order valence-electron chi connectivity index (χ1n) is 6.52. The van der Waals surface area contributed by atoms with Gasteiger partial charge in [-0.1, -0.05) is 6.07 Å². The van der Waals surface area contributed by atoms with Gasteiger partial charge in [0.25, 0.3) is 0 Å². The van der Waals surface area contributed by atoms with Crippen LogP contribution in [0.3, 0.4) is 0 Å². The van der Waals surface area contributed by atoms with Gasteiger partial charge in [0.2, 0.25) is 0 Å². The molecule has 0 aliphatic carbocycles. The summed E-state index contributed by atoms with van der Waals surface area (Å²) >= 11 is 0. The number of benzene rings is 1. The Morgan fingerprint density at radius 3 is 2.60 bits per heavy atom. The quantitative estimate of drug-likeness (QED) is 0.472. The minimum Gasteiger partial charge on any atom is -0.391 e. The standard InChI is InChI=1S/C13H21N3O4/c1-3-14-11-5-4-6-12(13(11)16(18)19)15-8-7-10(17)9-20-2/h4-6,10,14-15,17H,3,7-9H2,1-2H3. The van der Waals surface area contributed by atoms with Crippen LogP contribution in [0.15, 0.2) is 18.2 Å². The van der Waals surface area contributed by atoms with Crippen LogP contribution in [0.4, 0.5) is 17.1 Å². The highest BCUT2D eigenvalue weighted by Gasteiger charge is 2.19. The van der Waals surface area contributed by atoms with E-state index in [4.69, 9.17) is 4.74 Å². The zero-order valence-corrected chi connectivity index (χ0v) is 11.8. The smallest absolute Gasteiger partial charge is 0.315 e. The number of nitrogens with one attached hydrogen (secondary N) is 2. The molecule has 1 unspecified atom stereocenters. The average molecular weight is 283 g/mol. The molecule has 0 heterocycles. The Bertz CT molecular complexity index is 440. The topological polar surface area (TPSA) is 96.7 Å². The van der Waals surface area contributed by atoms with Gasteiger partial charge in [-0.05, 0) is 25.5 Å². The van der Waals surface area contributed by atoms with Crippen molar-refractivity contribution in [1.29, 1.82) is 0 Å². The van der Waals surface area contributed by atoms with Gasteiger partial charge in [-0.25, -0.2) is 0 Å². The maximum atomic E-state index is 11.2. The predicted molar refractivity (Wildman–Crippen MR) is 78.2 cm³/mol. The van der Waals surface area contributed by atoms with Crippen LogP contribution in [0.2, 0.25) is 0 Å². The number of hydrogen-bond acceptors (Lipinski definition) is 6. The second-order valence-electron chi connectivity index (χ2n) is 4.31. The first-order chi connectivity index (χ1) is 9.60. The van der Waals surface area contributed by atoms with Crippen molar-refractivity contribution in [2.45, 2.75) is 19.4 Å². The van der Waals surface area contributed by atoms with Crippen LogP contribution < -0.4 is 10.6 Å². The number of hydrogen-bond donors (Lipinski definition) is 3. The maximum absolute atomic E-state index is 11.2. The number of aliphatic hydroxyl groups is 1. The van der Waals surface area contributed by atoms with Gasteiger partial charge in [0.1, 0.15) is 11.4 Å². The number of methoxy groups -OCH3 is 1. The zero-order chi connectivity index (χ0) is 15.0. The van der Waals surface area contributed by atoms with E-state index in [-0.39, 0.29) is 12.3 Å². The molecule has 3 N–H and O–H groups in total. The molecule has 0 spiro atoms. The Hall–Kier alpha value is -1.86. The number of nitro groups is 1. The number of nitro benzene ring substituents is 1. The molecule has 0 saturated heterocycles. The van der Waals surface area contributed by atoms with E-state index in [2.05, 4.69) is 10.6 Å². The fourth-order valence-corrected chi connectivity index (χ4v) is 1.87. The highest BCUT2D eigenvalue weighted by Crippen LogP contribution is 2.32. The van der Waals surface area contributed by atoms with Crippen LogP contribution in [0.1, 0.15) is 13.3 Å². The molecular weight excluding hydrogens is 262 g/mol. The number of anilines is 2. The van der Waals surface area contributed by atoms with Crippen LogP contribution in [0.5, 0.6) is 0 Å². The SMILES string of the molecule is CCNc1cccc(NCCC(O)COC)c1[N+](=O)[O-]. The third kappa shape index (κ3) is 4.67. The zero-order valence-electron chi connectivity index (χ0n) is 11.8. The van der Waals surface area contributed by atoms with Crippen molar-refractivity contribution in [2.75, 3.05) is 37.4 Å². The lowest BCUT2D eigenvalue weighted by Gasteiger charge is -2.13. The van der Waals surface area contributed by atoms with E-state index in [1.807, 2.05) is 6.92 Å². The summed E-state index contributed by atoms with van der Waals surface area (Å²) < 4.78 is 4.82. The number of para-hydroxylation sites is 1. The van der Waals surface area contributed by atoms with E-state index in [9.17, 15) is 15.2 Å². The molecule has 7 heteroatoms. The highest BCUT2D eigenvalue weighted by molar-refractivity contribution is 5.76.